The van der Waals surface area contributed by atoms with Crippen molar-refractivity contribution in [3.05, 3.63) is 88.7 Å². The summed E-state index contributed by atoms with van der Waals surface area (Å²) in [7, 11) is 1.51. The Morgan fingerprint density at radius 2 is 1.58 bits per heavy atom. The van der Waals surface area contributed by atoms with Crippen molar-refractivity contribution in [3.63, 3.8) is 0 Å². The second-order valence-corrected chi connectivity index (χ2v) is 11.6. The van der Waals surface area contributed by atoms with Gasteiger partial charge in [-0.15, -0.1) is 5.10 Å². The van der Waals surface area contributed by atoms with Crippen LogP contribution >= 0.6 is 0 Å². The van der Waals surface area contributed by atoms with E-state index >= 15 is 0 Å². The van der Waals surface area contributed by atoms with Crippen molar-refractivity contribution >= 4 is 5.95 Å². The first-order chi connectivity index (χ1) is 21.2. The minimum absolute atomic E-state index is 0.00167. The molecule has 5 rings (SSSR count). The molecule has 1 atom stereocenters. The summed E-state index contributed by atoms with van der Waals surface area (Å²) in [4.78, 5) is 7.52. The van der Waals surface area contributed by atoms with E-state index in [1.807, 2.05) is 25.1 Å². The smallest absolute Gasteiger partial charge is 0.416 e. The number of nitrogens with two attached hydrogens (primary N) is 1. The summed E-state index contributed by atoms with van der Waals surface area (Å²) in [5.74, 6) is 1.01. The van der Waals surface area contributed by atoms with Gasteiger partial charge in [0.05, 0.1) is 30.1 Å². The number of pyridine rings is 1. The molecule has 2 heterocycles. The number of ether oxygens (including phenoxy) is 1. The maximum Gasteiger partial charge on any atom is 0.416 e. The van der Waals surface area contributed by atoms with Crippen LogP contribution in [0.1, 0.15) is 67.0 Å². The molecule has 0 amide bonds. The van der Waals surface area contributed by atoms with Crippen molar-refractivity contribution in [2.75, 3.05) is 4.90 Å². The highest BCUT2D eigenvalue weighted by molar-refractivity contribution is 5.42. The second kappa shape index (κ2) is 12.7. The third-order valence-electron chi connectivity index (χ3n) is 7.86. The molecule has 0 spiro atoms. The van der Waals surface area contributed by atoms with Gasteiger partial charge in [-0.25, -0.2) is 0 Å². The van der Waals surface area contributed by atoms with Crippen molar-refractivity contribution in [1.82, 2.24) is 25.2 Å². The molecular formula is C31H33F6N7O. The summed E-state index contributed by atoms with van der Waals surface area (Å²) in [6, 6.07) is 12.2. The van der Waals surface area contributed by atoms with Gasteiger partial charge in [0.1, 0.15) is 11.5 Å². The zero-order valence-corrected chi connectivity index (χ0v) is 24.7. The molecule has 1 aliphatic carbocycles. The maximum absolute atomic E-state index is 13.7. The lowest BCUT2D eigenvalue weighted by atomic mass is 9.75. The largest absolute Gasteiger partial charge is 0.456 e. The molecule has 0 saturated heterocycles. The zero-order chi connectivity index (χ0) is 32.4. The lowest BCUT2D eigenvalue weighted by Crippen LogP contribution is -2.34. The van der Waals surface area contributed by atoms with Crippen molar-refractivity contribution in [2.24, 2.45) is 12.8 Å². The van der Waals surface area contributed by atoms with Crippen LogP contribution in [-0.4, -0.2) is 31.2 Å². The molecule has 2 aromatic heterocycles. The molecule has 8 nitrogen and oxygen atoms in total. The Balaban J connectivity index is 1.60. The molecule has 240 valence electrons. The van der Waals surface area contributed by atoms with Crippen LogP contribution in [-0.2, 0) is 37.9 Å². The molecule has 2 aromatic carbocycles. The first-order valence-electron chi connectivity index (χ1n) is 14.5. The van der Waals surface area contributed by atoms with Gasteiger partial charge in [0.15, 0.2) is 0 Å². The SMILES string of the molecule is CC(N)CC1(c2ncc(Oc3ccccc3)cc2CN(Cc2cc(C(F)(F)F)cc(C(F)(F)F)c2)c2nnn(C)n2)CCCC1. The predicted molar refractivity (Wildman–Crippen MR) is 154 cm³/mol. The third-order valence-corrected chi connectivity index (χ3v) is 7.86. The molecule has 45 heavy (non-hydrogen) atoms. The Hall–Kier alpha value is -4.20. The monoisotopic (exact) mass is 633 g/mol. The van der Waals surface area contributed by atoms with Crippen molar-refractivity contribution < 1.29 is 31.1 Å². The molecular weight excluding hydrogens is 600 g/mol. The number of aromatic nitrogens is 5. The van der Waals surface area contributed by atoms with E-state index in [9.17, 15) is 26.3 Å². The number of aryl methyl sites for hydroxylation is 1. The highest BCUT2D eigenvalue weighted by Gasteiger charge is 2.40. The Bertz CT molecular complexity index is 1570. The fourth-order valence-electron chi connectivity index (χ4n) is 6.11. The number of nitrogens with zero attached hydrogens (tertiary/aromatic N) is 6. The van der Waals surface area contributed by atoms with Gasteiger partial charge < -0.3 is 15.4 Å². The molecule has 1 saturated carbocycles. The normalized spacial score (nSPS) is 15.7. The minimum atomic E-state index is -4.99. The Labute approximate surface area is 256 Å². The van der Waals surface area contributed by atoms with E-state index < -0.39 is 23.5 Å². The molecule has 2 N–H and O–H groups in total. The Morgan fingerprint density at radius 1 is 0.933 bits per heavy atom. The van der Waals surface area contributed by atoms with Crippen LogP contribution in [0.3, 0.4) is 0 Å². The lowest BCUT2D eigenvalue weighted by molar-refractivity contribution is -0.143. The third kappa shape index (κ3) is 7.72. The first kappa shape index (κ1) is 32.2. The highest BCUT2D eigenvalue weighted by atomic mass is 19.4. The van der Waals surface area contributed by atoms with Gasteiger partial charge in [0.2, 0.25) is 0 Å². The van der Waals surface area contributed by atoms with Gasteiger partial charge in [-0.1, -0.05) is 36.1 Å². The van der Waals surface area contributed by atoms with Crippen molar-refractivity contribution in [3.8, 4) is 11.5 Å². The topological polar surface area (TPSA) is 95.0 Å². The van der Waals surface area contributed by atoms with E-state index in [0.29, 0.717) is 35.6 Å². The number of rotatable bonds is 10. The van der Waals surface area contributed by atoms with E-state index in [4.69, 9.17) is 15.5 Å². The fourth-order valence-corrected chi connectivity index (χ4v) is 6.11. The van der Waals surface area contributed by atoms with Crippen LogP contribution < -0.4 is 15.4 Å². The highest BCUT2D eigenvalue weighted by Crippen LogP contribution is 2.46. The van der Waals surface area contributed by atoms with Gasteiger partial charge in [0.25, 0.3) is 5.95 Å². The standard InChI is InChI=1S/C31H33F6N7O/c1-20(38)16-29(10-6-7-11-29)27-22(14-26(17-39-27)45-25-8-4-3-5-9-25)19-44(28-40-42-43(2)41-28)18-21-12-23(30(32,33)34)15-24(13-21)31(35,36)37/h3-5,8-9,12-15,17,20H,6-7,10-11,16,18-19,38H2,1-2H3. The Kier molecular flexibility index (Phi) is 9.06. The number of para-hydroxylation sites is 1. The van der Waals surface area contributed by atoms with Crippen LogP contribution in [0.5, 0.6) is 11.5 Å². The van der Waals surface area contributed by atoms with Gasteiger partial charge in [-0.3, -0.25) is 4.98 Å². The first-order valence-corrected chi connectivity index (χ1v) is 14.5. The lowest BCUT2D eigenvalue weighted by Gasteiger charge is -2.33. The van der Waals surface area contributed by atoms with Crippen LogP contribution in [0.4, 0.5) is 32.3 Å². The van der Waals surface area contributed by atoms with Gasteiger partial charge >= 0.3 is 12.4 Å². The van der Waals surface area contributed by atoms with Crippen molar-refractivity contribution in [2.45, 2.75) is 75.9 Å². The number of benzene rings is 2. The van der Waals surface area contributed by atoms with Crippen LogP contribution in [0.2, 0.25) is 0 Å². The molecule has 0 bridgehead atoms. The quantitative estimate of drug-likeness (QED) is 0.185. The average molecular weight is 634 g/mol. The summed E-state index contributed by atoms with van der Waals surface area (Å²) in [6.07, 6.45) is -4.09. The van der Waals surface area contributed by atoms with E-state index in [-0.39, 0.29) is 42.1 Å². The molecule has 1 fully saturated rings. The van der Waals surface area contributed by atoms with Gasteiger partial charge in [-0.05, 0) is 78.9 Å². The van der Waals surface area contributed by atoms with Gasteiger partial charge in [0, 0.05) is 24.5 Å². The summed E-state index contributed by atoms with van der Waals surface area (Å²) in [6.45, 7) is 1.55. The zero-order valence-electron chi connectivity index (χ0n) is 24.7. The molecule has 1 unspecified atom stereocenters. The summed E-state index contributed by atoms with van der Waals surface area (Å²) in [5, 5.41) is 12.1. The molecule has 1 aliphatic rings. The van der Waals surface area contributed by atoms with E-state index in [0.717, 1.165) is 36.2 Å². The molecule has 14 heteroatoms. The van der Waals surface area contributed by atoms with Gasteiger partial charge in [-0.2, -0.15) is 31.1 Å². The van der Waals surface area contributed by atoms with E-state index in [1.165, 1.54) is 11.9 Å². The number of hydrogen-bond donors (Lipinski definition) is 1. The number of anilines is 1. The molecule has 0 radical (unpaired) electrons. The number of hydrogen-bond acceptors (Lipinski definition) is 7. The van der Waals surface area contributed by atoms with E-state index in [1.54, 1.807) is 24.4 Å². The summed E-state index contributed by atoms with van der Waals surface area (Å²) in [5.41, 5.74) is 4.33. The predicted octanol–water partition coefficient (Wildman–Crippen LogP) is 7.19. The average Bonchev–Trinajstić information content (AvgIpc) is 3.61. The van der Waals surface area contributed by atoms with E-state index in [2.05, 4.69) is 15.4 Å². The Morgan fingerprint density at radius 3 is 2.13 bits per heavy atom. The van der Waals surface area contributed by atoms with Crippen molar-refractivity contribution in [1.29, 1.82) is 0 Å². The second-order valence-electron chi connectivity index (χ2n) is 11.6. The van der Waals surface area contributed by atoms with Crippen LogP contribution in [0, 0.1) is 0 Å². The summed E-state index contributed by atoms with van der Waals surface area (Å²) >= 11 is 0. The number of alkyl halides is 6. The number of tetrazole rings is 1. The maximum atomic E-state index is 13.7. The summed E-state index contributed by atoms with van der Waals surface area (Å²) < 4.78 is 88.2. The number of halogens is 6. The molecule has 4 aromatic rings. The fraction of sp³-hybridized carbons (Fsp3) is 0.419. The minimum Gasteiger partial charge on any atom is -0.456 e. The molecule has 0 aliphatic heterocycles. The van der Waals surface area contributed by atoms with Crippen LogP contribution in [0.15, 0.2) is 60.8 Å². The van der Waals surface area contributed by atoms with Crippen LogP contribution in [0.25, 0.3) is 0 Å².